The molecule has 16 heavy (non-hydrogen) atoms. The molecule has 0 fully saturated rings. The maximum Gasteiger partial charge on any atom is 0.240 e. The minimum absolute atomic E-state index is 0.0290. The van der Waals surface area contributed by atoms with Crippen molar-refractivity contribution in [2.45, 2.75) is 37.6 Å². The predicted molar refractivity (Wildman–Crippen MR) is 68.8 cm³/mol. The van der Waals surface area contributed by atoms with Gasteiger partial charge in [0.25, 0.3) is 0 Å². The number of rotatable bonds is 5. The predicted octanol–water partition coefficient (Wildman–Crippen LogP) is 2.92. The molecule has 1 aromatic carbocycles. The van der Waals surface area contributed by atoms with Crippen molar-refractivity contribution in [1.29, 1.82) is 0 Å². The minimum atomic E-state index is -3.37. The van der Waals surface area contributed by atoms with Gasteiger partial charge in [0.1, 0.15) is 0 Å². The minimum Gasteiger partial charge on any atom is -0.208 e. The molecule has 0 saturated carbocycles. The lowest BCUT2D eigenvalue weighted by Crippen LogP contribution is -2.32. The van der Waals surface area contributed by atoms with E-state index in [1.54, 1.807) is 24.3 Å². The van der Waals surface area contributed by atoms with E-state index in [0.717, 1.165) is 17.3 Å². The highest BCUT2D eigenvalue weighted by Gasteiger charge is 2.16. The zero-order valence-corrected chi connectivity index (χ0v) is 11.8. The van der Waals surface area contributed by atoms with E-state index in [4.69, 9.17) is 0 Å². The molecule has 0 heterocycles. The van der Waals surface area contributed by atoms with E-state index in [1.807, 2.05) is 13.8 Å². The van der Waals surface area contributed by atoms with E-state index in [-0.39, 0.29) is 6.04 Å². The second-order valence-electron chi connectivity index (χ2n) is 3.76. The average Bonchev–Trinajstić information content (AvgIpc) is 2.17. The quantitative estimate of drug-likeness (QED) is 0.909. The van der Waals surface area contributed by atoms with Crippen molar-refractivity contribution < 1.29 is 8.42 Å². The molecule has 0 amide bonds. The highest BCUT2D eigenvalue weighted by atomic mass is 79.9. The van der Waals surface area contributed by atoms with E-state index >= 15 is 0 Å². The maximum atomic E-state index is 11.9. The number of sulfonamides is 1. The highest BCUT2D eigenvalue weighted by molar-refractivity contribution is 9.10. The van der Waals surface area contributed by atoms with Crippen LogP contribution in [0.4, 0.5) is 0 Å². The number of halogens is 1. The number of benzene rings is 1. The van der Waals surface area contributed by atoms with Crippen LogP contribution in [-0.4, -0.2) is 14.5 Å². The number of hydrogen-bond acceptors (Lipinski definition) is 2. The molecule has 90 valence electrons. The molecule has 0 unspecified atom stereocenters. The molecule has 0 spiro atoms. The summed E-state index contributed by atoms with van der Waals surface area (Å²) in [6.45, 7) is 3.91. The Hall–Kier alpha value is -0.390. The third-order valence-corrected chi connectivity index (χ3v) is 4.34. The smallest absolute Gasteiger partial charge is 0.208 e. The zero-order chi connectivity index (χ0) is 12.2. The Morgan fingerprint density at radius 1 is 1.31 bits per heavy atom. The van der Waals surface area contributed by atoms with Crippen LogP contribution in [0, 0.1) is 0 Å². The highest BCUT2D eigenvalue weighted by Crippen LogP contribution is 2.15. The van der Waals surface area contributed by atoms with E-state index < -0.39 is 10.0 Å². The fourth-order valence-corrected chi connectivity index (χ4v) is 2.98. The second kappa shape index (κ2) is 5.80. The van der Waals surface area contributed by atoms with Gasteiger partial charge in [-0.15, -0.1) is 0 Å². The van der Waals surface area contributed by atoms with Crippen LogP contribution < -0.4 is 4.72 Å². The lowest BCUT2D eigenvalue weighted by molar-refractivity contribution is 0.544. The van der Waals surface area contributed by atoms with Crippen molar-refractivity contribution >= 4 is 26.0 Å². The van der Waals surface area contributed by atoms with Gasteiger partial charge in [-0.2, -0.15) is 0 Å². The van der Waals surface area contributed by atoms with Crippen LogP contribution in [0.2, 0.25) is 0 Å². The molecular weight excluding hydrogens is 290 g/mol. The van der Waals surface area contributed by atoms with Crippen molar-refractivity contribution in [3.05, 3.63) is 28.7 Å². The molecule has 0 aliphatic heterocycles. The molecule has 1 aromatic rings. The van der Waals surface area contributed by atoms with Crippen molar-refractivity contribution in [3.8, 4) is 0 Å². The van der Waals surface area contributed by atoms with Crippen LogP contribution in [-0.2, 0) is 10.0 Å². The maximum absolute atomic E-state index is 11.9. The summed E-state index contributed by atoms with van der Waals surface area (Å²) in [4.78, 5) is 0.304. The van der Waals surface area contributed by atoms with Crippen molar-refractivity contribution in [2.24, 2.45) is 0 Å². The standard InChI is InChI=1S/C11H16BrNO2S/c1-3-4-9(2)13-16(14,15)11-7-5-10(12)6-8-11/h5-9,13H,3-4H2,1-2H3/t9-/m1/s1. The molecular formula is C11H16BrNO2S. The summed E-state index contributed by atoms with van der Waals surface area (Å²) < 4.78 is 27.3. The third kappa shape index (κ3) is 3.88. The summed E-state index contributed by atoms with van der Waals surface area (Å²) in [5.74, 6) is 0. The van der Waals surface area contributed by atoms with Crippen LogP contribution in [0.15, 0.2) is 33.6 Å². The molecule has 0 aromatic heterocycles. The molecule has 0 saturated heterocycles. The molecule has 1 N–H and O–H groups in total. The van der Waals surface area contributed by atoms with Crippen LogP contribution >= 0.6 is 15.9 Å². The largest absolute Gasteiger partial charge is 0.240 e. The third-order valence-electron chi connectivity index (χ3n) is 2.20. The van der Waals surface area contributed by atoms with Gasteiger partial charge in [0.15, 0.2) is 0 Å². The summed E-state index contributed by atoms with van der Waals surface area (Å²) in [6.07, 6.45) is 1.81. The first-order valence-corrected chi connectivity index (χ1v) is 7.51. The van der Waals surface area contributed by atoms with Gasteiger partial charge in [0.2, 0.25) is 10.0 Å². The van der Waals surface area contributed by atoms with Crippen molar-refractivity contribution in [3.63, 3.8) is 0 Å². The molecule has 0 aliphatic carbocycles. The van der Waals surface area contributed by atoms with Gasteiger partial charge in [0.05, 0.1) is 4.90 Å². The van der Waals surface area contributed by atoms with Crippen LogP contribution in [0.1, 0.15) is 26.7 Å². The van der Waals surface area contributed by atoms with E-state index in [1.165, 1.54) is 0 Å². The lowest BCUT2D eigenvalue weighted by Gasteiger charge is -2.13. The summed E-state index contributed by atoms with van der Waals surface area (Å²) >= 11 is 3.27. The molecule has 0 bridgehead atoms. The van der Waals surface area contributed by atoms with E-state index in [9.17, 15) is 8.42 Å². The first-order chi connectivity index (χ1) is 7.45. The van der Waals surface area contributed by atoms with Gasteiger partial charge in [-0.25, -0.2) is 13.1 Å². The first-order valence-electron chi connectivity index (χ1n) is 5.23. The summed E-state index contributed by atoms with van der Waals surface area (Å²) in [5.41, 5.74) is 0. The summed E-state index contributed by atoms with van der Waals surface area (Å²) in [5, 5.41) is 0. The van der Waals surface area contributed by atoms with Crippen LogP contribution in [0.3, 0.4) is 0 Å². The van der Waals surface area contributed by atoms with Crippen molar-refractivity contribution in [1.82, 2.24) is 4.72 Å². The molecule has 5 heteroatoms. The Balaban J connectivity index is 2.82. The fourth-order valence-electron chi connectivity index (χ4n) is 1.44. The Morgan fingerprint density at radius 3 is 2.38 bits per heavy atom. The van der Waals surface area contributed by atoms with Crippen LogP contribution in [0.5, 0.6) is 0 Å². The summed E-state index contributed by atoms with van der Waals surface area (Å²) in [7, 11) is -3.37. The number of nitrogens with one attached hydrogen (secondary N) is 1. The Kier molecular flexibility index (Phi) is 4.95. The molecule has 0 radical (unpaired) electrons. The Labute approximate surface area is 105 Å². The molecule has 1 atom stereocenters. The zero-order valence-electron chi connectivity index (χ0n) is 9.40. The molecule has 3 nitrogen and oxygen atoms in total. The summed E-state index contributed by atoms with van der Waals surface area (Å²) in [6, 6.07) is 6.59. The normalized spacial score (nSPS) is 13.7. The van der Waals surface area contributed by atoms with Gasteiger partial charge in [-0.1, -0.05) is 29.3 Å². The Bertz CT molecular complexity index is 428. The monoisotopic (exact) mass is 305 g/mol. The SMILES string of the molecule is CCC[C@@H](C)NS(=O)(=O)c1ccc(Br)cc1. The van der Waals surface area contributed by atoms with Gasteiger partial charge in [-0.3, -0.25) is 0 Å². The average molecular weight is 306 g/mol. The molecule has 1 rings (SSSR count). The van der Waals surface area contributed by atoms with Gasteiger partial charge in [-0.05, 0) is 37.6 Å². The van der Waals surface area contributed by atoms with Gasteiger partial charge in [0, 0.05) is 10.5 Å². The van der Waals surface area contributed by atoms with Gasteiger partial charge >= 0.3 is 0 Å². The topological polar surface area (TPSA) is 46.2 Å². The molecule has 0 aliphatic rings. The first kappa shape index (κ1) is 13.7. The fraction of sp³-hybridized carbons (Fsp3) is 0.455. The van der Waals surface area contributed by atoms with E-state index in [2.05, 4.69) is 20.7 Å². The van der Waals surface area contributed by atoms with Crippen LogP contribution in [0.25, 0.3) is 0 Å². The lowest BCUT2D eigenvalue weighted by atomic mass is 10.2. The van der Waals surface area contributed by atoms with Crippen molar-refractivity contribution in [2.75, 3.05) is 0 Å². The van der Waals surface area contributed by atoms with E-state index in [0.29, 0.717) is 4.90 Å². The second-order valence-corrected chi connectivity index (χ2v) is 6.39. The Morgan fingerprint density at radius 2 is 1.88 bits per heavy atom. The number of hydrogen-bond donors (Lipinski definition) is 1. The van der Waals surface area contributed by atoms with Gasteiger partial charge < -0.3 is 0 Å².